The number of hydrogen-bond acceptors (Lipinski definition) is 3. The topological polar surface area (TPSA) is 79.5 Å². The highest BCUT2D eigenvalue weighted by Crippen LogP contribution is 2.24. The zero-order valence-electron chi connectivity index (χ0n) is 13.1. The Morgan fingerprint density at radius 2 is 2.04 bits per heavy atom. The molecule has 1 aromatic heterocycles. The summed E-state index contributed by atoms with van der Waals surface area (Å²) in [6, 6.07) is 5.95. The normalized spacial score (nSPS) is 11.3. The van der Waals surface area contributed by atoms with E-state index in [1.54, 1.807) is 32.9 Å². The van der Waals surface area contributed by atoms with E-state index >= 15 is 0 Å². The third kappa shape index (κ3) is 3.77. The fraction of sp³-hybridized carbons (Fsp3) is 0.294. The number of amides is 1. The molecular formula is C17H18FNO4. The lowest BCUT2D eigenvalue weighted by Crippen LogP contribution is -2.41. The summed E-state index contributed by atoms with van der Waals surface area (Å²) in [4.78, 5) is 23.4. The number of furan rings is 1. The molecule has 0 fully saturated rings. The minimum absolute atomic E-state index is 0.0996. The standard InChI is InChI=1S/C17H18FNO4/c1-10-9-23-13(8-14(20)21)15(10)16(22)19-17(2,3)11-5-4-6-12(18)7-11/h4-7,9H,8H2,1-3H3,(H,19,22)(H,20,21). The van der Waals surface area contributed by atoms with Crippen LogP contribution < -0.4 is 5.32 Å². The van der Waals surface area contributed by atoms with Crippen molar-refractivity contribution in [1.82, 2.24) is 5.32 Å². The van der Waals surface area contributed by atoms with Crippen molar-refractivity contribution in [2.45, 2.75) is 32.7 Å². The summed E-state index contributed by atoms with van der Waals surface area (Å²) < 4.78 is 18.6. The number of nitrogens with one attached hydrogen (secondary N) is 1. The van der Waals surface area contributed by atoms with Gasteiger partial charge >= 0.3 is 5.97 Å². The first-order chi connectivity index (χ1) is 10.7. The molecule has 2 rings (SSSR count). The Morgan fingerprint density at radius 1 is 1.35 bits per heavy atom. The minimum atomic E-state index is -1.09. The fourth-order valence-electron chi connectivity index (χ4n) is 2.37. The number of carboxylic acid groups (broad SMARTS) is 1. The van der Waals surface area contributed by atoms with E-state index in [-0.39, 0.29) is 17.7 Å². The van der Waals surface area contributed by atoms with E-state index in [0.717, 1.165) is 0 Å². The molecule has 0 aliphatic heterocycles. The van der Waals surface area contributed by atoms with Crippen LogP contribution in [0.3, 0.4) is 0 Å². The molecule has 0 aliphatic rings. The lowest BCUT2D eigenvalue weighted by molar-refractivity contribution is -0.136. The molecule has 2 aromatic rings. The van der Waals surface area contributed by atoms with Crippen LogP contribution in [0.1, 0.15) is 41.1 Å². The highest BCUT2D eigenvalue weighted by atomic mass is 19.1. The van der Waals surface area contributed by atoms with Crippen LogP contribution in [0.4, 0.5) is 4.39 Å². The average molecular weight is 319 g/mol. The first-order valence-corrected chi connectivity index (χ1v) is 7.08. The van der Waals surface area contributed by atoms with Gasteiger partial charge in [-0.15, -0.1) is 0 Å². The second-order valence-corrected chi connectivity index (χ2v) is 5.88. The molecule has 0 saturated heterocycles. The van der Waals surface area contributed by atoms with Crippen molar-refractivity contribution in [2.24, 2.45) is 0 Å². The molecule has 122 valence electrons. The molecule has 1 heterocycles. The number of carboxylic acids is 1. The molecule has 6 heteroatoms. The number of carbonyl (C=O) groups excluding carboxylic acids is 1. The summed E-state index contributed by atoms with van der Waals surface area (Å²) >= 11 is 0. The molecule has 0 bridgehead atoms. The highest BCUT2D eigenvalue weighted by Gasteiger charge is 2.27. The highest BCUT2D eigenvalue weighted by molar-refractivity contribution is 5.97. The molecule has 0 aliphatic carbocycles. The molecule has 0 unspecified atom stereocenters. The third-order valence-electron chi connectivity index (χ3n) is 3.56. The predicted molar refractivity (Wildman–Crippen MR) is 81.7 cm³/mol. The van der Waals surface area contributed by atoms with Gasteiger partial charge in [-0.1, -0.05) is 12.1 Å². The van der Waals surface area contributed by atoms with Crippen molar-refractivity contribution in [3.8, 4) is 0 Å². The monoisotopic (exact) mass is 319 g/mol. The quantitative estimate of drug-likeness (QED) is 0.888. The summed E-state index contributed by atoms with van der Waals surface area (Å²) in [6.07, 6.45) is 0.972. The number of benzene rings is 1. The smallest absolute Gasteiger partial charge is 0.311 e. The van der Waals surface area contributed by atoms with Gasteiger partial charge in [0.1, 0.15) is 18.0 Å². The summed E-state index contributed by atoms with van der Waals surface area (Å²) in [5, 5.41) is 11.7. The van der Waals surface area contributed by atoms with Crippen molar-refractivity contribution < 1.29 is 23.5 Å². The summed E-state index contributed by atoms with van der Waals surface area (Å²) in [5.74, 6) is -1.84. The van der Waals surface area contributed by atoms with Gasteiger partial charge in [0.2, 0.25) is 0 Å². The Labute approximate surface area is 133 Å². The zero-order valence-corrected chi connectivity index (χ0v) is 13.1. The molecule has 1 amide bonds. The number of rotatable bonds is 5. The molecule has 2 N–H and O–H groups in total. The van der Waals surface area contributed by atoms with E-state index in [1.807, 2.05) is 0 Å². The van der Waals surface area contributed by atoms with Gasteiger partial charge in [0.05, 0.1) is 17.4 Å². The number of aliphatic carboxylic acids is 1. The van der Waals surface area contributed by atoms with Gasteiger partial charge in [-0.2, -0.15) is 0 Å². The largest absolute Gasteiger partial charge is 0.481 e. The number of aryl methyl sites for hydroxylation is 1. The SMILES string of the molecule is Cc1coc(CC(=O)O)c1C(=O)NC(C)(C)c1cccc(F)c1. The molecule has 5 nitrogen and oxygen atoms in total. The Balaban J connectivity index is 2.28. The summed E-state index contributed by atoms with van der Waals surface area (Å²) in [6.45, 7) is 5.15. The summed E-state index contributed by atoms with van der Waals surface area (Å²) in [5.41, 5.74) is 0.529. The first-order valence-electron chi connectivity index (χ1n) is 7.08. The number of halogens is 1. The predicted octanol–water partition coefficient (Wildman–Crippen LogP) is 3.02. The second-order valence-electron chi connectivity index (χ2n) is 5.88. The van der Waals surface area contributed by atoms with Crippen LogP contribution in [0.15, 0.2) is 34.9 Å². The molecule has 0 atom stereocenters. The fourth-order valence-corrected chi connectivity index (χ4v) is 2.37. The van der Waals surface area contributed by atoms with Crippen LogP contribution in [-0.2, 0) is 16.8 Å². The van der Waals surface area contributed by atoms with Crippen LogP contribution in [0.25, 0.3) is 0 Å². The van der Waals surface area contributed by atoms with Gasteiger partial charge in [0, 0.05) is 5.56 Å². The van der Waals surface area contributed by atoms with Crippen molar-refractivity contribution in [2.75, 3.05) is 0 Å². The van der Waals surface area contributed by atoms with Crippen LogP contribution in [0.2, 0.25) is 0 Å². The molecule has 0 spiro atoms. The first kappa shape index (κ1) is 16.7. The Kier molecular flexibility index (Phi) is 4.54. The lowest BCUT2D eigenvalue weighted by Gasteiger charge is -2.27. The number of carbonyl (C=O) groups is 2. The molecule has 1 aromatic carbocycles. The molecular weight excluding hydrogens is 301 g/mol. The van der Waals surface area contributed by atoms with E-state index in [0.29, 0.717) is 11.1 Å². The second kappa shape index (κ2) is 6.24. The van der Waals surface area contributed by atoms with Gasteiger partial charge < -0.3 is 14.8 Å². The van der Waals surface area contributed by atoms with Gasteiger partial charge in [-0.05, 0) is 38.5 Å². The van der Waals surface area contributed by atoms with Crippen LogP contribution >= 0.6 is 0 Å². The van der Waals surface area contributed by atoms with Crippen LogP contribution in [-0.4, -0.2) is 17.0 Å². The van der Waals surface area contributed by atoms with Gasteiger partial charge in [0.15, 0.2) is 0 Å². The Morgan fingerprint density at radius 3 is 2.65 bits per heavy atom. The maximum atomic E-state index is 13.4. The zero-order chi connectivity index (χ0) is 17.2. The van der Waals surface area contributed by atoms with Gasteiger partial charge in [0.25, 0.3) is 5.91 Å². The lowest BCUT2D eigenvalue weighted by atomic mass is 9.93. The molecule has 0 saturated carbocycles. The van der Waals surface area contributed by atoms with Crippen molar-refractivity contribution >= 4 is 11.9 Å². The van der Waals surface area contributed by atoms with Crippen LogP contribution in [0, 0.1) is 12.7 Å². The Hall–Kier alpha value is -2.63. The van der Waals surface area contributed by atoms with E-state index < -0.39 is 23.2 Å². The summed E-state index contributed by atoms with van der Waals surface area (Å²) in [7, 11) is 0. The maximum Gasteiger partial charge on any atom is 0.311 e. The number of hydrogen-bond donors (Lipinski definition) is 2. The minimum Gasteiger partial charge on any atom is -0.481 e. The maximum absolute atomic E-state index is 13.4. The van der Waals surface area contributed by atoms with Gasteiger partial charge in [-0.25, -0.2) is 4.39 Å². The Bertz CT molecular complexity index is 749. The van der Waals surface area contributed by atoms with Crippen molar-refractivity contribution in [1.29, 1.82) is 0 Å². The van der Waals surface area contributed by atoms with Gasteiger partial charge in [-0.3, -0.25) is 9.59 Å². The molecule has 23 heavy (non-hydrogen) atoms. The van der Waals surface area contributed by atoms with E-state index in [9.17, 15) is 14.0 Å². The van der Waals surface area contributed by atoms with E-state index in [1.165, 1.54) is 18.4 Å². The van der Waals surface area contributed by atoms with Crippen molar-refractivity contribution in [3.63, 3.8) is 0 Å². The van der Waals surface area contributed by atoms with Crippen molar-refractivity contribution in [3.05, 3.63) is 58.8 Å². The van der Waals surface area contributed by atoms with E-state index in [2.05, 4.69) is 5.32 Å². The van der Waals surface area contributed by atoms with E-state index in [4.69, 9.17) is 9.52 Å². The van der Waals surface area contributed by atoms with Crippen LogP contribution in [0.5, 0.6) is 0 Å². The third-order valence-corrected chi connectivity index (χ3v) is 3.56. The molecule has 0 radical (unpaired) electrons. The average Bonchev–Trinajstić information content (AvgIpc) is 2.78.